The van der Waals surface area contributed by atoms with Crippen molar-refractivity contribution < 1.29 is 22.7 Å². The summed E-state index contributed by atoms with van der Waals surface area (Å²) in [5.74, 6) is 0.290. The molecule has 1 amide bonds. The Morgan fingerprint density at radius 1 is 1.11 bits per heavy atom. The molecule has 28 heavy (non-hydrogen) atoms. The molecule has 152 valence electrons. The molecule has 0 unspecified atom stereocenters. The summed E-state index contributed by atoms with van der Waals surface area (Å²) in [5.41, 5.74) is 0. The van der Waals surface area contributed by atoms with Crippen molar-refractivity contribution in [2.45, 2.75) is 37.8 Å². The normalized spacial score (nSPS) is 15.9. The Morgan fingerprint density at radius 2 is 1.82 bits per heavy atom. The van der Waals surface area contributed by atoms with Crippen LogP contribution in [-0.4, -0.2) is 33.6 Å². The maximum Gasteiger partial charge on any atom is 0.241 e. The summed E-state index contributed by atoms with van der Waals surface area (Å²) >= 11 is 1.54. The highest BCUT2D eigenvalue weighted by Gasteiger charge is 2.30. The maximum atomic E-state index is 12.9. The van der Waals surface area contributed by atoms with Gasteiger partial charge in [0.25, 0.3) is 0 Å². The number of amides is 1. The van der Waals surface area contributed by atoms with Crippen molar-refractivity contribution in [3.05, 3.63) is 40.6 Å². The van der Waals surface area contributed by atoms with Crippen molar-refractivity contribution in [3.63, 3.8) is 0 Å². The predicted octanol–water partition coefficient (Wildman–Crippen LogP) is 2.70. The molecule has 0 aliphatic carbocycles. The van der Waals surface area contributed by atoms with Crippen LogP contribution in [0.4, 0.5) is 0 Å². The Kier molecular flexibility index (Phi) is 6.26. The SMILES string of the molecule is CC(C)[C@H](NS(=O)(=O)c1ccc2c(c1)OCCO2)C(=O)N[C@H](C)c1cccs1. The van der Waals surface area contributed by atoms with E-state index in [0.717, 1.165) is 4.88 Å². The molecule has 1 aliphatic heterocycles. The van der Waals surface area contributed by atoms with Gasteiger partial charge < -0.3 is 14.8 Å². The smallest absolute Gasteiger partial charge is 0.241 e. The number of carbonyl (C=O) groups excluding carboxylic acids is 1. The van der Waals surface area contributed by atoms with Gasteiger partial charge in [-0.05, 0) is 36.4 Å². The zero-order chi connectivity index (χ0) is 20.3. The minimum atomic E-state index is -3.92. The fourth-order valence-electron chi connectivity index (χ4n) is 2.83. The zero-order valence-corrected chi connectivity index (χ0v) is 17.6. The summed E-state index contributed by atoms with van der Waals surface area (Å²) < 4.78 is 39.1. The lowest BCUT2D eigenvalue weighted by Crippen LogP contribution is -2.50. The van der Waals surface area contributed by atoms with Gasteiger partial charge in [0, 0.05) is 10.9 Å². The molecule has 0 radical (unpaired) electrons. The van der Waals surface area contributed by atoms with Crippen molar-refractivity contribution in [2.75, 3.05) is 13.2 Å². The molecule has 9 heteroatoms. The van der Waals surface area contributed by atoms with Crippen LogP contribution < -0.4 is 19.5 Å². The molecule has 0 fully saturated rings. The van der Waals surface area contributed by atoms with Crippen LogP contribution in [-0.2, 0) is 14.8 Å². The minimum absolute atomic E-state index is 0.0292. The van der Waals surface area contributed by atoms with Crippen LogP contribution in [0.15, 0.2) is 40.6 Å². The Labute approximate surface area is 169 Å². The van der Waals surface area contributed by atoms with E-state index in [-0.39, 0.29) is 22.8 Å². The largest absolute Gasteiger partial charge is 0.486 e. The summed E-state index contributed by atoms with van der Waals surface area (Å²) in [4.78, 5) is 13.8. The fraction of sp³-hybridized carbons (Fsp3) is 0.421. The molecule has 1 aliphatic rings. The van der Waals surface area contributed by atoms with Gasteiger partial charge in [-0.3, -0.25) is 4.79 Å². The first-order chi connectivity index (χ1) is 13.3. The van der Waals surface area contributed by atoms with E-state index < -0.39 is 16.1 Å². The van der Waals surface area contributed by atoms with Crippen LogP contribution in [0.3, 0.4) is 0 Å². The van der Waals surface area contributed by atoms with Crippen LogP contribution in [0.1, 0.15) is 31.7 Å². The molecular weight excluding hydrogens is 400 g/mol. The van der Waals surface area contributed by atoms with Crippen molar-refractivity contribution >= 4 is 27.3 Å². The highest BCUT2D eigenvalue weighted by Crippen LogP contribution is 2.32. The van der Waals surface area contributed by atoms with Gasteiger partial charge in [-0.25, -0.2) is 8.42 Å². The van der Waals surface area contributed by atoms with E-state index in [4.69, 9.17) is 9.47 Å². The number of sulfonamides is 1. The summed E-state index contributed by atoms with van der Waals surface area (Å²) in [5, 5.41) is 4.82. The van der Waals surface area contributed by atoms with Gasteiger partial charge in [-0.2, -0.15) is 4.72 Å². The Bertz CT molecular complexity index is 926. The molecular formula is C19H24N2O5S2. The Hall–Kier alpha value is -2.10. The molecule has 3 rings (SSSR count). The third-order valence-corrected chi connectivity index (χ3v) is 6.88. The molecule has 2 heterocycles. The predicted molar refractivity (Wildman–Crippen MR) is 107 cm³/mol. The van der Waals surface area contributed by atoms with E-state index in [1.165, 1.54) is 23.5 Å². The Morgan fingerprint density at radius 3 is 2.46 bits per heavy atom. The van der Waals surface area contributed by atoms with Crippen LogP contribution in [0, 0.1) is 5.92 Å². The lowest BCUT2D eigenvalue weighted by atomic mass is 10.0. The molecule has 0 spiro atoms. The van der Waals surface area contributed by atoms with Crippen LogP contribution >= 0.6 is 11.3 Å². The topological polar surface area (TPSA) is 93.7 Å². The average Bonchev–Trinajstić information content (AvgIpc) is 3.20. The number of rotatable bonds is 7. The lowest BCUT2D eigenvalue weighted by Gasteiger charge is -2.24. The van der Waals surface area contributed by atoms with Gasteiger partial charge in [-0.15, -0.1) is 11.3 Å². The number of hydrogen-bond acceptors (Lipinski definition) is 6. The van der Waals surface area contributed by atoms with Gasteiger partial charge in [0.1, 0.15) is 19.3 Å². The van der Waals surface area contributed by atoms with Crippen LogP contribution in [0.2, 0.25) is 0 Å². The summed E-state index contributed by atoms with van der Waals surface area (Å²) in [7, 11) is -3.92. The van der Waals surface area contributed by atoms with E-state index in [0.29, 0.717) is 24.7 Å². The Balaban J connectivity index is 1.76. The number of ether oxygens (including phenoxy) is 2. The van der Waals surface area contributed by atoms with E-state index in [2.05, 4.69) is 10.0 Å². The second-order valence-corrected chi connectivity index (χ2v) is 9.59. The molecule has 1 aromatic carbocycles. The number of thiophene rings is 1. The molecule has 0 saturated carbocycles. The molecule has 0 saturated heterocycles. The van der Waals surface area contributed by atoms with E-state index in [1.54, 1.807) is 19.9 Å². The second-order valence-electron chi connectivity index (χ2n) is 6.89. The number of hydrogen-bond donors (Lipinski definition) is 2. The summed E-state index contributed by atoms with van der Waals surface area (Å²) in [6.45, 7) is 6.26. The van der Waals surface area contributed by atoms with Gasteiger partial charge in [0.15, 0.2) is 11.5 Å². The first kappa shape index (κ1) is 20.6. The molecule has 2 aromatic rings. The minimum Gasteiger partial charge on any atom is -0.486 e. The van der Waals surface area contributed by atoms with Gasteiger partial charge in [0.05, 0.1) is 10.9 Å². The highest BCUT2D eigenvalue weighted by molar-refractivity contribution is 7.89. The van der Waals surface area contributed by atoms with E-state index in [9.17, 15) is 13.2 Å². The first-order valence-electron chi connectivity index (χ1n) is 9.03. The van der Waals surface area contributed by atoms with Crippen molar-refractivity contribution in [1.29, 1.82) is 0 Å². The number of benzene rings is 1. The highest BCUT2D eigenvalue weighted by atomic mass is 32.2. The van der Waals surface area contributed by atoms with Crippen molar-refractivity contribution in [1.82, 2.24) is 10.0 Å². The average molecular weight is 425 g/mol. The molecule has 7 nitrogen and oxygen atoms in total. The number of nitrogens with one attached hydrogen (secondary N) is 2. The van der Waals surface area contributed by atoms with E-state index >= 15 is 0 Å². The second kappa shape index (κ2) is 8.50. The molecule has 2 N–H and O–H groups in total. The van der Waals surface area contributed by atoms with Gasteiger partial charge >= 0.3 is 0 Å². The van der Waals surface area contributed by atoms with Crippen molar-refractivity contribution in [2.24, 2.45) is 5.92 Å². The zero-order valence-electron chi connectivity index (χ0n) is 16.0. The lowest BCUT2D eigenvalue weighted by molar-refractivity contribution is -0.124. The van der Waals surface area contributed by atoms with E-state index in [1.807, 2.05) is 24.4 Å². The summed E-state index contributed by atoms with van der Waals surface area (Å²) in [6.07, 6.45) is 0. The maximum absolute atomic E-state index is 12.9. The number of carbonyl (C=O) groups is 1. The quantitative estimate of drug-likeness (QED) is 0.713. The van der Waals surface area contributed by atoms with Crippen LogP contribution in [0.25, 0.3) is 0 Å². The summed E-state index contributed by atoms with van der Waals surface area (Å²) in [6, 6.07) is 7.16. The standard InChI is InChI=1S/C19H24N2O5S2/c1-12(2)18(19(22)20-13(3)17-5-4-10-27-17)21-28(23,24)14-6-7-15-16(11-14)26-9-8-25-15/h4-7,10-13,18,21H,8-9H2,1-3H3,(H,20,22)/t13-,18+/m1/s1. The molecule has 0 bridgehead atoms. The molecule has 1 aromatic heterocycles. The van der Waals surface area contributed by atoms with Crippen LogP contribution in [0.5, 0.6) is 11.5 Å². The number of fused-ring (bicyclic) bond motifs is 1. The molecule has 2 atom stereocenters. The third-order valence-electron chi connectivity index (χ3n) is 4.38. The van der Waals surface area contributed by atoms with Gasteiger partial charge in [0.2, 0.25) is 15.9 Å². The van der Waals surface area contributed by atoms with Gasteiger partial charge in [-0.1, -0.05) is 19.9 Å². The third kappa shape index (κ3) is 4.65. The monoisotopic (exact) mass is 424 g/mol. The fourth-order valence-corrected chi connectivity index (χ4v) is 4.92. The van der Waals surface area contributed by atoms with Crippen molar-refractivity contribution in [3.8, 4) is 11.5 Å². The first-order valence-corrected chi connectivity index (χ1v) is 11.4.